The van der Waals surface area contributed by atoms with Crippen LogP contribution in [-0.4, -0.2) is 71.1 Å². The van der Waals surface area contributed by atoms with Crippen molar-refractivity contribution in [2.75, 3.05) is 0 Å². The van der Waals surface area contributed by atoms with Crippen molar-refractivity contribution in [2.45, 2.75) is 98.3 Å². The van der Waals surface area contributed by atoms with Gasteiger partial charge in [0.1, 0.15) is 0 Å². The summed E-state index contributed by atoms with van der Waals surface area (Å²) in [7, 11) is 0. The van der Waals surface area contributed by atoms with Gasteiger partial charge in [0.2, 0.25) is 0 Å². The zero-order valence-corrected chi connectivity index (χ0v) is 19.4. The Bertz CT molecular complexity index is 934. The molecule has 0 rings (SSSR count). The number of rotatable bonds is 13. The lowest BCUT2D eigenvalue weighted by atomic mass is 9.83. The molecule has 0 unspecified atom stereocenters. The maximum absolute atomic E-state index is 13.7. The average molecular weight is 672 g/mol. The first kappa shape index (κ1) is 39.3. The maximum atomic E-state index is 13.7. The van der Waals surface area contributed by atoms with E-state index in [-0.39, 0.29) is 0 Å². The first-order valence-corrected chi connectivity index (χ1v) is 9.70. The third-order valence-corrected chi connectivity index (χ3v) is 5.22. The molecule has 0 bridgehead atoms. The highest BCUT2D eigenvalue weighted by molar-refractivity contribution is 5.20. The van der Waals surface area contributed by atoms with E-state index in [1.807, 2.05) is 0 Å². The molecule has 0 amide bonds. The Morgan fingerprint density at radius 2 is 0.488 bits per heavy atom. The molecule has 41 heavy (non-hydrogen) atoms. The Kier molecular flexibility index (Phi) is 9.27. The third-order valence-electron chi connectivity index (χ3n) is 5.22. The first-order valence-electron chi connectivity index (χ1n) is 9.70. The molecule has 24 heteroatoms. The van der Waals surface area contributed by atoms with Gasteiger partial charge in [-0.3, -0.25) is 0 Å². The van der Waals surface area contributed by atoms with E-state index in [4.69, 9.17) is 0 Å². The predicted octanol–water partition coefficient (Wildman–Crippen LogP) is 9.68. The average Bonchev–Trinajstić information content (AvgIpc) is 2.70. The van der Waals surface area contributed by atoms with Crippen LogP contribution in [0.4, 0.5) is 105 Å². The van der Waals surface area contributed by atoms with Gasteiger partial charge >= 0.3 is 71.1 Å². The molecule has 0 aliphatic rings. The van der Waals surface area contributed by atoms with Crippen LogP contribution in [-0.2, 0) is 0 Å². The monoisotopic (exact) mass is 672 g/mol. The van der Waals surface area contributed by atoms with Gasteiger partial charge in [0.25, 0.3) is 0 Å². The van der Waals surface area contributed by atoms with E-state index >= 15 is 0 Å². The van der Waals surface area contributed by atoms with Gasteiger partial charge in [0.15, 0.2) is 0 Å². The molecule has 0 atom stereocenters. The van der Waals surface area contributed by atoms with Crippen LogP contribution >= 0.6 is 0 Å². The summed E-state index contributed by atoms with van der Waals surface area (Å²) in [5.41, 5.74) is 0. The lowest BCUT2D eigenvalue weighted by molar-refractivity contribution is -0.478. The maximum Gasteiger partial charge on any atom is 0.385 e. The smallest absolute Gasteiger partial charge is 0.200 e. The van der Waals surface area contributed by atoms with Gasteiger partial charge < -0.3 is 0 Å². The van der Waals surface area contributed by atoms with E-state index < -0.39 is 90.3 Å². The summed E-state index contributed by atoms with van der Waals surface area (Å²) in [4.78, 5) is 0. The fourth-order valence-corrected chi connectivity index (χ4v) is 2.72. The minimum atomic E-state index is -9.44. The molecule has 0 aromatic carbocycles. The van der Waals surface area contributed by atoms with E-state index in [9.17, 15) is 105 Å². The number of alkyl halides is 24. The zero-order valence-electron chi connectivity index (χ0n) is 19.4. The molecule has 0 saturated heterocycles. The van der Waals surface area contributed by atoms with Crippen LogP contribution in [0.15, 0.2) is 0 Å². The molecule has 0 nitrogen and oxygen atoms in total. The largest absolute Gasteiger partial charge is 0.385 e. The first-order chi connectivity index (χ1) is 17.2. The summed E-state index contributed by atoms with van der Waals surface area (Å²) in [5.74, 6) is -104. The van der Waals surface area contributed by atoms with Gasteiger partial charge in [-0.2, -0.15) is 105 Å². The molecule has 0 aromatic rings. The molecule has 0 aliphatic carbocycles. The summed E-state index contributed by atoms with van der Waals surface area (Å²) < 4.78 is 323. The van der Waals surface area contributed by atoms with Crippen LogP contribution in [0.5, 0.6) is 0 Å². The van der Waals surface area contributed by atoms with Gasteiger partial charge in [0.05, 0.1) is 0 Å². The molecule has 248 valence electrons. The van der Waals surface area contributed by atoms with Crippen LogP contribution in [0.2, 0.25) is 0 Å². The van der Waals surface area contributed by atoms with Crippen LogP contribution in [0.25, 0.3) is 0 Å². The highest BCUT2D eigenvalue weighted by atomic mass is 19.4. The third kappa shape index (κ3) is 4.83. The Morgan fingerprint density at radius 3 is 0.659 bits per heavy atom. The molecular weight excluding hydrogens is 660 g/mol. The molecule has 0 heterocycles. The molecular formula is C17H12F24. The van der Waals surface area contributed by atoms with E-state index in [0.29, 0.717) is 13.8 Å². The fraction of sp³-hybridized carbons (Fsp3) is 1.00. The predicted molar refractivity (Wildman–Crippen MR) is 84.5 cm³/mol. The standard InChI is InChI=1S/C17H12F24/c1-5(2)4-7(20,21)9(24,25)11(28,29)13(32,33)15(36,37)17(40,41)16(38,39)14(34,35)12(30,31)10(26,27)8(22,23)6(3,18)19/h5H,4H2,1-3H3. The number of hydrogen-bond acceptors (Lipinski definition) is 0. The molecule has 0 aliphatic heterocycles. The lowest BCUT2D eigenvalue weighted by Crippen LogP contribution is -2.78. The Hall–Kier alpha value is -1.68. The fourth-order valence-electron chi connectivity index (χ4n) is 2.72. The summed E-state index contributed by atoms with van der Waals surface area (Å²) in [6.07, 6.45) is -2.67. The van der Waals surface area contributed by atoms with Crippen LogP contribution in [0.1, 0.15) is 27.2 Å². The molecule has 0 N–H and O–H groups in total. The van der Waals surface area contributed by atoms with Gasteiger partial charge in [0, 0.05) is 13.3 Å². The van der Waals surface area contributed by atoms with Crippen molar-refractivity contribution in [3.05, 3.63) is 0 Å². The van der Waals surface area contributed by atoms with Gasteiger partial charge in [-0.1, -0.05) is 13.8 Å². The van der Waals surface area contributed by atoms with E-state index in [1.54, 1.807) is 0 Å². The zero-order chi connectivity index (χ0) is 34.3. The molecule has 0 fully saturated rings. The summed E-state index contributed by atoms with van der Waals surface area (Å²) in [6, 6.07) is 0. The van der Waals surface area contributed by atoms with Gasteiger partial charge in [-0.25, -0.2) is 0 Å². The number of hydrogen-bond donors (Lipinski definition) is 0. The Morgan fingerprint density at radius 1 is 0.317 bits per heavy atom. The topological polar surface area (TPSA) is 0 Å². The minimum Gasteiger partial charge on any atom is -0.200 e. The molecule has 0 spiro atoms. The Labute approximate surface area is 211 Å². The van der Waals surface area contributed by atoms with E-state index in [2.05, 4.69) is 0 Å². The molecule has 0 saturated carbocycles. The normalized spacial score (nSPS) is 17.0. The minimum absolute atomic E-state index is 0.458. The van der Waals surface area contributed by atoms with E-state index in [1.165, 1.54) is 0 Å². The second kappa shape index (κ2) is 9.66. The van der Waals surface area contributed by atoms with Crippen molar-refractivity contribution >= 4 is 0 Å². The molecule has 0 radical (unpaired) electrons. The lowest BCUT2D eigenvalue weighted by Gasteiger charge is -2.46. The summed E-state index contributed by atoms with van der Waals surface area (Å²) >= 11 is 0. The van der Waals surface area contributed by atoms with Crippen LogP contribution in [0, 0.1) is 5.92 Å². The van der Waals surface area contributed by atoms with Gasteiger partial charge in [-0.15, -0.1) is 0 Å². The Balaban J connectivity index is 7.31. The highest BCUT2D eigenvalue weighted by Crippen LogP contribution is 2.67. The van der Waals surface area contributed by atoms with Crippen molar-refractivity contribution in [3.63, 3.8) is 0 Å². The highest BCUT2D eigenvalue weighted by Gasteiger charge is 2.99. The van der Waals surface area contributed by atoms with Crippen molar-refractivity contribution < 1.29 is 105 Å². The van der Waals surface area contributed by atoms with Crippen molar-refractivity contribution in [3.8, 4) is 0 Å². The SMILES string of the molecule is CC(C)CC(F)(F)C(F)(F)C(F)(F)C(F)(F)C(F)(F)C(F)(F)C(F)(F)C(F)(F)C(F)(F)C(F)(F)C(F)(F)C(C)(F)F. The summed E-state index contributed by atoms with van der Waals surface area (Å²) in [6.45, 7) is -0.562. The van der Waals surface area contributed by atoms with Crippen LogP contribution in [0.3, 0.4) is 0 Å². The van der Waals surface area contributed by atoms with Crippen molar-refractivity contribution in [2.24, 2.45) is 5.92 Å². The quantitative estimate of drug-likeness (QED) is 0.171. The summed E-state index contributed by atoms with van der Waals surface area (Å²) in [5, 5.41) is 0. The second-order valence-corrected chi connectivity index (χ2v) is 8.93. The van der Waals surface area contributed by atoms with Crippen molar-refractivity contribution in [1.82, 2.24) is 0 Å². The molecule has 0 aromatic heterocycles. The van der Waals surface area contributed by atoms with Gasteiger partial charge in [-0.05, 0) is 5.92 Å². The second-order valence-electron chi connectivity index (χ2n) is 8.93. The van der Waals surface area contributed by atoms with Crippen LogP contribution < -0.4 is 0 Å². The van der Waals surface area contributed by atoms with E-state index in [0.717, 1.165) is 0 Å². The number of halogens is 24. The van der Waals surface area contributed by atoms with Crippen molar-refractivity contribution in [1.29, 1.82) is 0 Å².